The summed E-state index contributed by atoms with van der Waals surface area (Å²) in [5.41, 5.74) is 0.936. The van der Waals surface area contributed by atoms with E-state index in [1.54, 1.807) is 9.80 Å². The van der Waals surface area contributed by atoms with Crippen LogP contribution in [0.4, 0.5) is 4.79 Å². The normalized spacial score (nSPS) is 24.8. The van der Waals surface area contributed by atoms with E-state index in [1.807, 2.05) is 30.3 Å². The number of aliphatic hydroxyl groups excluding tert-OH is 1. The third-order valence-electron chi connectivity index (χ3n) is 4.77. The van der Waals surface area contributed by atoms with Gasteiger partial charge in [0.2, 0.25) is 5.91 Å². The fraction of sp³-hybridized carbons (Fsp3) is 0.556. The lowest BCUT2D eigenvalue weighted by molar-refractivity contribution is -0.140. The average Bonchev–Trinajstić information content (AvgIpc) is 2.62. The summed E-state index contributed by atoms with van der Waals surface area (Å²) in [7, 11) is 0. The fourth-order valence-electron chi connectivity index (χ4n) is 3.38. The Morgan fingerprint density at radius 2 is 2.00 bits per heavy atom. The lowest BCUT2D eigenvalue weighted by Crippen LogP contribution is -2.58. The first-order chi connectivity index (χ1) is 11.6. The summed E-state index contributed by atoms with van der Waals surface area (Å²) in [6.07, 6.45) is 1.88. The van der Waals surface area contributed by atoms with Crippen LogP contribution >= 0.6 is 0 Å². The average molecular weight is 332 g/mol. The molecule has 0 saturated carbocycles. The first-order valence-electron chi connectivity index (χ1n) is 8.58. The second-order valence-electron chi connectivity index (χ2n) is 6.45. The highest BCUT2D eigenvalue weighted by molar-refractivity contribution is 5.77. The molecule has 24 heavy (non-hydrogen) atoms. The predicted molar refractivity (Wildman–Crippen MR) is 88.2 cm³/mol. The van der Waals surface area contributed by atoms with Gasteiger partial charge in [-0.2, -0.15) is 0 Å². The molecule has 6 nitrogen and oxygen atoms in total. The van der Waals surface area contributed by atoms with Gasteiger partial charge in [0.05, 0.1) is 12.1 Å². The Labute approximate surface area is 142 Å². The zero-order valence-electron chi connectivity index (χ0n) is 13.8. The quantitative estimate of drug-likeness (QED) is 0.916. The molecule has 130 valence electrons. The van der Waals surface area contributed by atoms with Crippen LogP contribution in [0.5, 0.6) is 0 Å². The Bertz CT molecular complexity index is 578. The van der Waals surface area contributed by atoms with Gasteiger partial charge in [-0.1, -0.05) is 30.3 Å². The standard InChI is InChI=1S/C18H24N2O4/c21-16-9-11-19(12-15(16)20-10-5-4-8-17(20)22)18(23)24-13-14-6-2-1-3-7-14/h1-3,6-7,15-16,21H,4-5,8-13H2. The number of carbonyl (C=O) groups excluding carboxylic acids is 2. The van der Waals surface area contributed by atoms with E-state index in [2.05, 4.69) is 0 Å². The number of nitrogens with zero attached hydrogens (tertiary/aromatic N) is 2. The Morgan fingerprint density at radius 3 is 2.75 bits per heavy atom. The molecule has 0 spiro atoms. The third kappa shape index (κ3) is 3.87. The number of ether oxygens (including phenoxy) is 1. The second kappa shape index (κ2) is 7.66. The van der Waals surface area contributed by atoms with Gasteiger partial charge in [0.15, 0.2) is 0 Å². The molecular formula is C18H24N2O4. The lowest BCUT2D eigenvalue weighted by atomic mass is 9.98. The highest BCUT2D eigenvalue weighted by Gasteiger charge is 2.37. The van der Waals surface area contributed by atoms with E-state index in [9.17, 15) is 14.7 Å². The highest BCUT2D eigenvalue weighted by atomic mass is 16.6. The maximum Gasteiger partial charge on any atom is 0.410 e. The van der Waals surface area contributed by atoms with Crippen molar-refractivity contribution in [2.24, 2.45) is 0 Å². The lowest BCUT2D eigenvalue weighted by Gasteiger charge is -2.43. The predicted octanol–water partition coefficient (Wildman–Crippen LogP) is 1.77. The number of aliphatic hydroxyl groups is 1. The molecule has 2 amide bonds. The van der Waals surface area contributed by atoms with Crippen LogP contribution in [0.15, 0.2) is 30.3 Å². The monoisotopic (exact) mass is 332 g/mol. The van der Waals surface area contributed by atoms with Crippen molar-refractivity contribution in [2.75, 3.05) is 19.6 Å². The van der Waals surface area contributed by atoms with Gasteiger partial charge in [-0.05, 0) is 24.8 Å². The van der Waals surface area contributed by atoms with Crippen molar-refractivity contribution in [3.63, 3.8) is 0 Å². The van der Waals surface area contributed by atoms with Gasteiger partial charge in [0, 0.05) is 26.1 Å². The van der Waals surface area contributed by atoms with Crippen LogP contribution in [0, 0.1) is 0 Å². The van der Waals surface area contributed by atoms with Crippen LogP contribution in [0.25, 0.3) is 0 Å². The molecule has 2 saturated heterocycles. The number of hydrogen-bond acceptors (Lipinski definition) is 4. The Morgan fingerprint density at radius 1 is 1.21 bits per heavy atom. The van der Waals surface area contributed by atoms with Gasteiger partial charge in [0.1, 0.15) is 6.61 Å². The number of piperidine rings is 2. The number of carbonyl (C=O) groups is 2. The van der Waals surface area contributed by atoms with Crippen LogP contribution in [0.1, 0.15) is 31.2 Å². The molecule has 0 aliphatic carbocycles. The molecular weight excluding hydrogens is 308 g/mol. The molecule has 1 aromatic carbocycles. The van der Waals surface area contributed by atoms with Crippen LogP contribution in [0.2, 0.25) is 0 Å². The van der Waals surface area contributed by atoms with E-state index in [4.69, 9.17) is 4.74 Å². The minimum atomic E-state index is -0.578. The number of likely N-dealkylation sites (tertiary alicyclic amines) is 2. The Kier molecular flexibility index (Phi) is 5.35. The first kappa shape index (κ1) is 16.8. The van der Waals surface area contributed by atoms with E-state index in [0.29, 0.717) is 32.5 Å². The molecule has 6 heteroatoms. The van der Waals surface area contributed by atoms with Crippen molar-refractivity contribution < 1.29 is 19.4 Å². The molecule has 2 aliphatic heterocycles. The van der Waals surface area contributed by atoms with Crippen molar-refractivity contribution in [2.45, 2.75) is 44.4 Å². The second-order valence-corrected chi connectivity index (χ2v) is 6.45. The van der Waals surface area contributed by atoms with Gasteiger partial charge >= 0.3 is 6.09 Å². The molecule has 2 heterocycles. The van der Waals surface area contributed by atoms with Gasteiger partial charge in [-0.3, -0.25) is 4.79 Å². The fourth-order valence-corrected chi connectivity index (χ4v) is 3.38. The SMILES string of the molecule is O=C(OCc1ccccc1)N1CCC(O)C(N2CCCCC2=O)C1. The summed E-state index contributed by atoms with van der Waals surface area (Å²) in [6, 6.07) is 9.20. The summed E-state index contributed by atoms with van der Waals surface area (Å²) in [4.78, 5) is 27.8. The van der Waals surface area contributed by atoms with E-state index in [-0.39, 0.29) is 24.6 Å². The van der Waals surface area contributed by atoms with Gasteiger partial charge in [-0.15, -0.1) is 0 Å². The van der Waals surface area contributed by atoms with E-state index in [1.165, 1.54) is 0 Å². The van der Waals surface area contributed by atoms with Crippen molar-refractivity contribution >= 4 is 12.0 Å². The maximum atomic E-state index is 12.3. The van der Waals surface area contributed by atoms with Gasteiger partial charge in [0.25, 0.3) is 0 Å². The highest BCUT2D eigenvalue weighted by Crippen LogP contribution is 2.22. The zero-order valence-corrected chi connectivity index (χ0v) is 13.8. The smallest absolute Gasteiger partial charge is 0.410 e. The molecule has 1 aromatic rings. The van der Waals surface area contributed by atoms with Crippen molar-refractivity contribution in [1.29, 1.82) is 0 Å². The molecule has 1 N–H and O–H groups in total. The largest absolute Gasteiger partial charge is 0.445 e. The molecule has 2 atom stereocenters. The Balaban J connectivity index is 1.58. The molecule has 3 rings (SSSR count). The number of amides is 2. The number of rotatable bonds is 3. The molecule has 0 aromatic heterocycles. The van der Waals surface area contributed by atoms with E-state index < -0.39 is 6.10 Å². The van der Waals surface area contributed by atoms with Crippen LogP contribution in [0.3, 0.4) is 0 Å². The van der Waals surface area contributed by atoms with Crippen LogP contribution < -0.4 is 0 Å². The van der Waals surface area contributed by atoms with E-state index in [0.717, 1.165) is 18.4 Å². The maximum absolute atomic E-state index is 12.3. The first-order valence-corrected chi connectivity index (χ1v) is 8.58. The van der Waals surface area contributed by atoms with E-state index >= 15 is 0 Å². The molecule has 2 aliphatic rings. The van der Waals surface area contributed by atoms with Crippen molar-refractivity contribution in [3.8, 4) is 0 Å². The van der Waals surface area contributed by atoms with Crippen molar-refractivity contribution in [3.05, 3.63) is 35.9 Å². The minimum absolute atomic E-state index is 0.0739. The molecule has 2 fully saturated rings. The summed E-state index contributed by atoms with van der Waals surface area (Å²) in [6.45, 7) is 1.67. The van der Waals surface area contributed by atoms with Crippen molar-refractivity contribution in [1.82, 2.24) is 9.80 Å². The van der Waals surface area contributed by atoms with Crippen LogP contribution in [-0.2, 0) is 16.1 Å². The van der Waals surface area contributed by atoms with Crippen LogP contribution in [-0.4, -0.2) is 58.7 Å². The number of benzene rings is 1. The summed E-state index contributed by atoms with van der Waals surface area (Å²) in [5.74, 6) is 0.0739. The minimum Gasteiger partial charge on any atom is -0.445 e. The zero-order chi connectivity index (χ0) is 16.9. The molecule has 0 radical (unpaired) electrons. The Hall–Kier alpha value is -2.08. The van der Waals surface area contributed by atoms with Gasteiger partial charge < -0.3 is 19.6 Å². The summed E-state index contributed by atoms with van der Waals surface area (Å²) < 4.78 is 5.37. The molecule has 0 bridgehead atoms. The third-order valence-corrected chi connectivity index (χ3v) is 4.77. The summed E-state index contributed by atoms with van der Waals surface area (Å²) >= 11 is 0. The topological polar surface area (TPSA) is 70.1 Å². The van der Waals surface area contributed by atoms with Gasteiger partial charge in [-0.25, -0.2) is 4.79 Å². The number of hydrogen-bond donors (Lipinski definition) is 1. The molecule has 2 unspecified atom stereocenters. The summed E-state index contributed by atoms with van der Waals surface area (Å²) in [5, 5.41) is 10.3.